The number of rotatable bonds is 7. The lowest BCUT2D eigenvalue weighted by Gasteiger charge is -2.25. The van der Waals surface area contributed by atoms with E-state index in [1.54, 1.807) is 0 Å². The molecule has 0 radical (unpaired) electrons. The predicted octanol–water partition coefficient (Wildman–Crippen LogP) is 3.78. The fourth-order valence-electron chi connectivity index (χ4n) is 1.84. The van der Waals surface area contributed by atoms with Gasteiger partial charge in [0.1, 0.15) is 0 Å². The standard InChI is InChI=1S/C14H21NOS/c1-2-17-14-9-4-3-8-13(14)15-10-11-16-12-6-5-7-12/h3-4,8-9,12,15H,2,5-7,10-11H2,1H3. The lowest BCUT2D eigenvalue weighted by atomic mass is 9.96. The molecule has 0 saturated heterocycles. The molecule has 0 spiro atoms. The van der Waals surface area contributed by atoms with E-state index < -0.39 is 0 Å². The molecule has 0 aromatic heterocycles. The van der Waals surface area contributed by atoms with Gasteiger partial charge in [-0.3, -0.25) is 0 Å². The highest BCUT2D eigenvalue weighted by atomic mass is 32.2. The third-order valence-corrected chi connectivity index (χ3v) is 3.97. The van der Waals surface area contributed by atoms with Crippen LogP contribution in [0.1, 0.15) is 26.2 Å². The van der Waals surface area contributed by atoms with E-state index in [1.807, 2.05) is 11.8 Å². The van der Waals surface area contributed by atoms with Gasteiger partial charge in [0.05, 0.1) is 12.7 Å². The Bertz CT molecular complexity index is 339. The molecule has 0 bridgehead atoms. The molecule has 17 heavy (non-hydrogen) atoms. The molecular weight excluding hydrogens is 230 g/mol. The minimum atomic E-state index is 0.539. The summed E-state index contributed by atoms with van der Waals surface area (Å²) < 4.78 is 5.73. The Morgan fingerprint density at radius 1 is 1.35 bits per heavy atom. The maximum absolute atomic E-state index is 5.73. The van der Waals surface area contributed by atoms with Crippen molar-refractivity contribution in [3.8, 4) is 0 Å². The van der Waals surface area contributed by atoms with E-state index in [0.717, 1.165) is 18.9 Å². The Morgan fingerprint density at radius 2 is 2.18 bits per heavy atom. The molecule has 0 atom stereocenters. The smallest absolute Gasteiger partial charge is 0.0642 e. The van der Waals surface area contributed by atoms with Crippen molar-refractivity contribution in [3.63, 3.8) is 0 Å². The minimum Gasteiger partial charge on any atom is -0.382 e. The van der Waals surface area contributed by atoms with E-state index in [0.29, 0.717) is 6.10 Å². The Kier molecular flexibility index (Phi) is 5.20. The van der Waals surface area contributed by atoms with E-state index in [4.69, 9.17) is 4.74 Å². The van der Waals surface area contributed by atoms with Crippen molar-refractivity contribution in [2.45, 2.75) is 37.2 Å². The van der Waals surface area contributed by atoms with Crippen LogP contribution in [0.15, 0.2) is 29.2 Å². The first-order valence-corrected chi connectivity index (χ1v) is 7.46. The third-order valence-electron chi connectivity index (χ3n) is 3.01. The first-order chi connectivity index (χ1) is 8.40. The van der Waals surface area contributed by atoms with Gasteiger partial charge < -0.3 is 10.1 Å². The summed E-state index contributed by atoms with van der Waals surface area (Å²) in [6, 6.07) is 8.48. The Labute approximate surface area is 108 Å². The Morgan fingerprint density at radius 3 is 2.88 bits per heavy atom. The lowest BCUT2D eigenvalue weighted by Crippen LogP contribution is -2.24. The van der Waals surface area contributed by atoms with Crippen molar-refractivity contribution in [1.82, 2.24) is 0 Å². The zero-order valence-corrected chi connectivity index (χ0v) is 11.3. The molecule has 0 heterocycles. The van der Waals surface area contributed by atoms with Gasteiger partial charge in [0.2, 0.25) is 0 Å². The fourth-order valence-corrected chi connectivity index (χ4v) is 2.62. The molecule has 1 aliphatic rings. The summed E-state index contributed by atoms with van der Waals surface area (Å²) >= 11 is 1.88. The largest absolute Gasteiger partial charge is 0.382 e. The number of anilines is 1. The van der Waals surface area contributed by atoms with Gasteiger partial charge >= 0.3 is 0 Å². The predicted molar refractivity (Wildman–Crippen MR) is 74.9 cm³/mol. The molecule has 1 aliphatic carbocycles. The van der Waals surface area contributed by atoms with Crippen LogP contribution in [-0.2, 0) is 4.74 Å². The van der Waals surface area contributed by atoms with Crippen molar-refractivity contribution in [2.75, 3.05) is 24.2 Å². The van der Waals surface area contributed by atoms with E-state index in [-0.39, 0.29) is 0 Å². The van der Waals surface area contributed by atoms with Crippen molar-refractivity contribution < 1.29 is 4.74 Å². The van der Waals surface area contributed by atoms with Gasteiger partial charge in [0.15, 0.2) is 0 Å². The maximum Gasteiger partial charge on any atom is 0.0642 e. The molecule has 0 amide bonds. The molecule has 94 valence electrons. The van der Waals surface area contributed by atoms with E-state index in [2.05, 4.69) is 36.5 Å². The first-order valence-electron chi connectivity index (χ1n) is 6.47. The Hall–Kier alpha value is -0.670. The number of benzene rings is 1. The average Bonchev–Trinajstić information content (AvgIpc) is 2.29. The van der Waals surface area contributed by atoms with Crippen molar-refractivity contribution >= 4 is 17.4 Å². The molecule has 1 fully saturated rings. The maximum atomic E-state index is 5.73. The van der Waals surface area contributed by atoms with Crippen LogP contribution in [0.25, 0.3) is 0 Å². The number of nitrogens with one attached hydrogen (secondary N) is 1. The normalized spacial score (nSPS) is 15.6. The first kappa shape index (κ1) is 12.8. The van der Waals surface area contributed by atoms with Gasteiger partial charge in [-0.1, -0.05) is 19.1 Å². The third kappa shape index (κ3) is 3.93. The van der Waals surface area contributed by atoms with Crippen LogP contribution < -0.4 is 5.32 Å². The van der Waals surface area contributed by atoms with Gasteiger partial charge in [-0.2, -0.15) is 0 Å². The summed E-state index contributed by atoms with van der Waals surface area (Å²) in [6.45, 7) is 3.90. The molecular formula is C14H21NOS. The highest BCUT2D eigenvalue weighted by molar-refractivity contribution is 7.99. The zero-order chi connectivity index (χ0) is 11.9. The van der Waals surface area contributed by atoms with E-state index in [1.165, 1.54) is 29.8 Å². The summed E-state index contributed by atoms with van der Waals surface area (Å²) in [7, 11) is 0. The molecule has 0 aliphatic heterocycles. The molecule has 1 saturated carbocycles. The molecule has 1 aromatic carbocycles. The molecule has 1 aromatic rings. The number of hydrogen-bond donors (Lipinski definition) is 1. The highest BCUT2D eigenvalue weighted by Crippen LogP contribution is 2.26. The van der Waals surface area contributed by atoms with Crippen LogP contribution in [0.2, 0.25) is 0 Å². The Balaban J connectivity index is 1.73. The van der Waals surface area contributed by atoms with Gasteiger partial charge in [-0.25, -0.2) is 0 Å². The van der Waals surface area contributed by atoms with Crippen LogP contribution in [0.4, 0.5) is 5.69 Å². The number of hydrogen-bond acceptors (Lipinski definition) is 3. The topological polar surface area (TPSA) is 21.3 Å². The van der Waals surface area contributed by atoms with Crippen molar-refractivity contribution in [3.05, 3.63) is 24.3 Å². The van der Waals surface area contributed by atoms with Gasteiger partial charge in [0, 0.05) is 17.1 Å². The molecule has 1 N–H and O–H groups in total. The zero-order valence-electron chi connectivity index (χ0n) is 10.4. The monoisotopic (exact) mass is 251 g/mol. The van der Waals surface area contributed by atoms with Gasteiger partial charge in [-0.15, -0.1) is 11.8 Å². The SMILES string of the molecule is CCSc1ccccc1NCCOC1CCC1. The molecule has 3 heteroatoms. The van der Waals surface area contributed by atoms with E-state index >= 15 is 0 Å². The van der Waals surface area contributed by atoms with E-state index in [9.17, 15) is 0 Å². The summed E-state index contributed by atoms with van der Waals surface area (Å²) in [5.41, 5.74) is 1.23. The molecule has 0 unspecified atom stereocenters. The number of para-hydroxylation sites is 1. The summed E-state index contributed by atoms with van der Waals surface area (Å²) in [5.74, 6) is 1.11. The quantitative estimate of drug-likeness (QED) is 0.588. The van der Waals surface area contributed by atoms with Crippen LogP contribution in [0, 0.1) is 0 Å². The second kappa shape index (κ2) is 6.92. The minimum absolute atomic E-state index is 0.539. The van der Waals surface area contributed by atoms with Crippen LogP contribution in [0.3, 0.4) is 0 Å². The summed E-state index contributed by atoms with van der Waals surface area (Å²) in [4.78, 5) is 1.33. The van der Waals surface area contributed by atoms with Crippen molar-refractivity contribution in [2.24, 2.45) is 0 Å². The van der Waals surface area contributed by atoms with Crippen molar-refractivity contribution in [1.29, 1.82) is 0 Å². The second-order valence-electron chi connectivity index (χ2n) is 4.28. The van der Waals surface area contributed by atoms with Gasteiger partial charge in [0.25, 0.3) is 0 Å². The summed E-state index contributed by atoms with van der Waals surface area (Å²) in [6.07, 6.45) is 4.38. The number of thioether (sulfide) groups is 1. The van der Waals surface area contributed by atoms with Gasteiger partial charge in [-0.05, 0) is 37.1 Å². The number of ether oxygens (including phenoxy) is 1. The van der Waals surface area contributed by atoms with Crippen LogP contribution in [-0.4, -0.2) is 25.0 Å². The second-order valence-corrected chi connectivity index (χ2v) is 5.59. The highest BCUT2D eigenvalue weighted by Gasteiger charge is 2.17. The lowest BCUT2D eigenvalue weighted by molar-refractivity contribution is 0.00811. The van der Waals surface area contributed by atoms with Crippen LogP contribution in [0.5, 0.6) is 0 Å². The molecule has 2 rings (SSSR count). The molecule has 2 nitrogen and oxygen atoms in total. The average molecular weight is 251 g/mol. The van der Waals surface area contributed by atoms with Crippen LogP contribution >= 0.6 is 11.8 Å². The summed E-state index contributed by atoms with van der Waals surface area (Å²) in [5, 5.41) is 3.46. The fraction of sp³-hybridized carbons (Fsp3) is 0.571.